The third kappa shape index (κ3) is 16.5. The monoisotopic (exact) mass is 1090 g/mol. The fraction of sp³-hybridized carbons (Fsp3) is 0.588. The van der Waals surface area contributed by atoms with Gasteiger partial charge in [0.15, 0.2) is 0 Å². The van der Waals surface area contributed by atoms with Gasteiger partial charge in [0.25, 0.3) is 0 Å². The third-order valence-corrected chi connectivity index (χ3v) is 20.7. The van der Waals surface area contributed by atoms with Crippen molar-refractivity contribution in [1.82, 2.24) is 19.9 Å². The van der Waals surface area contributed by atoms with Gasteiger partial charge in [-0.3, -0.25) is 0 Å². The summed E-state index contributed by atoms with van der Waals surface area (Å²) in [6, 6.07) is 23.1. The van der Waals surface area contributed by atoms with E-state index in [9.17, 15) is 0 Å². The molecule has 6 aromatic carbocycles. The first-order chi connectivity index (χ1) is 37.6. The zero-order valence-electron chi connectivity index (χ0n) is 47.7. The molecule has 76 heavy (non-hydrogen) atoms. The molecule has 4 nitrogen and oxygen atoms in total. The van der Waals surface area contributed by atoms with Crippen LogP contribution in [0, 0.1) is 0 Å². The Labute approximate surface area is 476 Å². The molecule has 8 rings (SSSR count). The second-order valence-corrected chi connectivity index (χ2v) is 26.7. The van der Waals surface area contributed by atoms with Crippen LogP contribution in [0.2, 0.25) is 0 Å². The van der Waals surface area contributed by atoms with E-state index in [1.54, 1.807) is 0 Å². The second kappa shape index (κ2) is 32.9. The Bertz CT molecular complexity index is 2600. The minimum absolute atomic E-state index is 0.988. The van der Waals surface area contributed by atoms with E-state index in [0.29, 0.717) is 0 Å². The lowest BCUT2D eigenvalue weighted by Gasteiger charge is -2.17. The average Bonchev–Trinajstić information content (AvgIpc) is 3.53. The summed E-state index contributed by atoms with van der Waals surface area (Å²) in [5.41, 5.74) is 7.96. The Kier molecular flexibility index (Phi) is 25.6. The van der Waals surface area contributed by atoms with E-state index in [-0.39, 0.29) is 0 Å². The van der Waals surface area contributed by atoms with Crippen LogP contribution in [0.1, 0.15) is 233 Å². The Hall–Kier alpha value is -3.04. The van der Waals surface area contributed by atoms with E-state index in [1.165, 1.54) is 236 Å². The summed E-state index contributed by atoms with van der Waals surface area (Å²) in [4.78, 5) is 28.0. The molecular weight excluding hydrogens is 1000 g/mol. The summed E-state index contributed by atoms with van der Waals surface area (Å²) in [5, 5.41) is 7.10. The highest BCUT2D eigenvalue weighted by Crippen LogP contribution is 2.45. The number of aromatic nitrogens is 4. The SMILES string of the molecule is CCCCCCCCCCSc1cc2nc3c4cccc5c6nc7cc(SCCCCCCCCCC)c(SCCCCCCCCCC)cc7nc6c6cccc(c3nc2cc1SCCCCCCCCCC)c6c45. The molecule has 0 aliphatic carbocycles. The highest BCUT2D eigenvalue weighted by molar-refractivity contribution is 8.02. The van der Waals surface area contributed by atoms with Crippen LogP contribution in [0.25, 0.3) is 76.5 Å². The van der Waals surface area contributed by atoms with Gasteiger partial charge in [-0.05, 0) is 73.0 Å². The van der Waals surface area contributed by atoms with Crippen LogP contribution in [0.3, 0.4) is 0 Å². The summed E-state index contributed by atoms with van der Waals surface area (Å²) >= 11 is 8.18. The molecule has 0 aliphatic heterocycles. The highest BCUT2D eigenvalue weighted by atomic mass is 32.2. The zero-order chi connectivity index (χ0) is 52.6. The number of unbranched alkanes of at least 4 members (excludes halogenated alkanes) is 28. The van der Waals surface area contributed by atoms with Gasteiger partial charge in [0.2, 0.25) is 0 Å². The Morgan fingerprint density at radius 3 is 0.671 bits per heavy atom. The van der Waals surface area contributed by atoms with Gasteiger partial charge >= 0.3 is 0 Å². The van der Waals surface area contributed by atoms with Gasteiger partial charge in [0, 0.05) is 51.9 Å². The predicted octanol–water partition coefficient (Wildman–Crippen LogP) is 23.7. The summed E-state index contributed by atoms with van der Waals surface area (Å²) in [6.45, 7) is 9.23. The molecule has 0 bridgehead atoms. The van der Waals surface area contributed by atoms with E-state index in [2.05, 4.69) is 88.4 Å². The van der Waals surface area contributed by atoms with E-state index in [1.807, 2.05) is 47.0 Å². The average molecular weight is 1100 g/mol. The molecule has 8 aromatic rings. The Balaban J connectivity index is 1.10. The maximum Gasteiger partial charge on any atom is 0.0979 e. The van der Waals surface area contributed by atoms with Crippen LogP contribution in [0.15, 0.2) is 80.2 Å². The summed E-state index contributed by atoms with van der Waals surface area (Å²) in [5.74, 6) is 4.61. The Morgan fingerprint density at radius 2 is 0.461 bits per heavy atom. The molecule has 0 N–H and O–H groups in total. The molecule has 2 heterocycles. The number of fused-ring (bicyclic) bond motifs is 8. The largest absolute Gasteiger partial charge is 0.244 e. The van der Waals surface area contributed by atoms with Crippen LogP contribution in [-0.4, -0.2) is 42.9 Å². The normalized spacial score (nSPS) is 12.2. The van der Waals surface area contributed by atoms with Crippen molar-refractivity contribution >= 4 is 123 Å². The van der Waals surface area contributed by atoms with Crippen LogP contribution in [0.4, 0.5) is 0 Å². The molecule has 0 spiro atoms. The van der Waals surface area contributed by atoms with Gasteiger partial charge in [-0.1, -0.05) is 244 Å². The summed E-state index contributed by atoms with van der Waals surface area (Å²) in [7, 11) is 0. The van der Waals surface area contributed by atoms with Crippen LogP contribution < -0.4 is 0 Å². The second-order valence-electron chi connectivity index (χ2n) is 22.2. The van der Waals surface area contributed by atoms with Gasteiger partial charge in [-0.2, -0.15) is 0 Å². The van der Waals surface area contributed by atoms with Gasteiger partial charge < -0.3 is 0 Å². The van der Waals surface area contributed by atoms with Crippen LogP contribution >= 0.6 is 47.0 Å². The topological polar surface area (TPSA) is 51.6 Å². The molecule has 0 radical (unpaired) electrons. The molecule has 0 fully saturated rings. The maximum atomic E-state index is 5.62. The fourth-order valence-corrected chi connectivity index (χ4v) is 16.0. The lowest BCUT2D eigenvalue weighted by Crippen LogP contribution is -1.97. The fourth-order valence-electron chi connectivity index (χ4n) is 11.4. The smallest absolute Gasteiger partial charge is 0.0979 e. The number of rotatable bonds is 40. The molecule has 410 valence electrons. The van der Waals surface area contributed by atoms with E-state index >= 15 is 0 Å². The molecule has 0 amide bonds. The van der Waals surface area contributed by atoms with Crippen molar-refractivity contribution in [3.05, 3.63) is 60.7 Å². The molecule has 0 unspecified atom stereocenters. The molecule has 0 atom stereocenters. The number of benzene rings is 6. The standard InChI is InChI=1S/C68H94N4S4/c1-5-9-13-17-21-25-29-33-43-73-59-47-55-56(48-60(59)74-44-34-30-26-22-18-14-10-6-2)70-66-52-40-38-42-54-64(52)63-51(65(66)69-55)39-37-41-53(63)67-68(54)72-58-50-62(76-46-36-32-28-24-20-16-12-8-4)61(49-57(58)71-67)75-45-35-31-27-23-19-15-11-7-3/h37-42,47-50H,5-36,43-46H2,1-4H3. The van der Waals surface area contributed by atoms with Crippen LogP contribution in [-0.2, 0) is 0 Å². The van der Waals surface area contributed by atoms with Crippen molar-refractivity contribution in [3.63, 3.8) is 0 Å². The number of thioether (sulfide) groups is 4. The quantitative estimate of drug-likeness (QED) is 0.0163. The van der Waals surface area contributed by atoms with E-state index in [0.717, 1.165) is 88.7 Å². The zero-order valence-corrected chi connectivity index (χ0v) is 50.9. The van der Waals surface area contributed by atoms with Crippen molar-refractivity contribution in [2.75, 3.05) is 23.0 Å². The summed E-state index contributed by atoms with van der Waals surface area (Å²) in [6.07, 6.45) is 43.2. The first-order valence-electron chi connectivity index (χ1n) is 31.1. The van der Waals surface area contributed by atoms with E-state index in [4.69, 9.17) is 19.9 Å². The van der Waals surface area contributed by atoms with Gasteiger partial charge in [-0.15, -0.1) is 47.0 Å². The van der Waals surface area contributed by atoms with Gasteiger partial charge in [0.1, 0.15) is 0 Å². The Morgan fingerprint density at radius 1 is 0.263 bits per heavy atom. The minimum atomic E-state index is 0.988. The summed E-state index contributed by atoms with van der Waals surface area (Å²) < 4.78 is 0. The number of hydrogen-bond acceptors (Lipinski definition) is 8. The molecule has 8 heteroatoms. The van der Waals surface area contributed by atoms with Gasteiger partial charge in [0.05, 0.1) is 44.1 Å². The molecule has 2 aromatic heterocycles. The lowest BCUT2D eigenvalue weighted by atomic mass is 9.91. The molecule has 0 aliphatic rings. The first-order valence-corrected chi connectivity index (χ1v) is 35.1. The van der Waals surface area contributed by atoms with Crippen LogP contribution in [0.5, 0.6) is 0 Å². The number of nitrogens with zero attached hydrogens (tertiary/aromatic N) is 4. The third-order valence-electron chi connectivity index (χ3n) is 15.9. The molecule has 0 saturated heterocycles. The highest BCUT2D eigenvalue weighted by Gasteiger charge is 2.22. The molecule has 0 saturated carbocycles. The van der Waals surface area contributed by atoms with Crippen molar-refractivity contribution in [2.45, 2.75) is 253 Å². The van der Waals surface area contributed by atoms with Crippen molar-refractivity contribution in [1.29, 1.82) is 0 Å². The lowest BCUT2D eigenvalue weighted by molar-refractivity contribution is 0.586. The number of hydrogen-bond donors (Lipinski definition) is 0. The van der Waals surface area contributed by atoms with Crippen molar-refractivity contribution in [2.24, 2.45) is 0 Å². The minimum Gasteiger partial charge on any atom is -0.244 e. The van der Waals surface area contributed by atoms with E-state index < -0.39 is 0 Å². The molecular formula is C68H94N4S4. The van der Waals surface area contributed by atoms with Crippen molar-refractivity contribution < 1.29 is 0 Å². The van der Waals surface area contributed by atoms with Gasteiger partial charge in [-0.25, -0.2) is 19.9 Å². The maximum absolute atomic E-state index is 5.62. The van der Waals surface area contributed by atoms with Crippen molar-refractivity contribution in [3.8, 4) is 0 Å². The predicted molar refractivity (Wildman–Crippen MR) is 345 cm³/mol. The first kappa shape index (κ1) is 59.1.